The number of carbonyl (C=O) groups excluding carboxylic acids is 1. The molecule has 1 amide bonds. The first-order chi connectivity index (χ1) is 10.0. The van der Waals surface area contributed by atoms with Gasteiger partial charge in [0.05, 0.1) is 25.9 Å². The fourth-order valence-electron chi connectivity index (χ4n) is 1.88. The van der Waals surface area contributed by atoms with Crippen molar-refractivity contribution in [2.45, 2.75) is 0 Å². The van der Waals surface area contributed by atoms with Gasteiger partial charge in [-0.1, -0.05) is 40.6 Å². The van der Waals surface area contributed by atoms with Crippen LogP contribution in [0.5, 0.6) is 0 Å². The molecule has 4 nitrogen and oxygen atoms in total. The maximum absolute atomic E-state index is 12.3. The van der Waals surface area contributed by atoms with Gasteiger partial charge in [0.25, 0.3) is 5.91 Å². The highest BCUT2D eigenvalue weighted by Gasteiger charge is 2.12. The van der Waals surface area contributed by atoms with Crippen LogP contribution in [0.2, 0.25) is 10.0 Å². The van der Waals surface area contributed by atoms with Gasteiger partial charge in [0.2, 0.25) is 0 Å². The lowest BCUT2D eigenvalue weighted by atomic mass is 10.2. The van der Waals surface area contributed by atoms with Crippen LogP contribution in [0, 0.1) is 0 Å². The van der Waals surface area contributed by atoms with Crippen LogP contribution in [0.3, 0.4) is 0 Å². The molecule has 7 heteroatoms. The molecule has 1 aromatic heterocycles. The van der Waals surface area contributed by atoms with E-state index in [0.717, 1.165) is 10.2 Å². The number of nitrogens with one attached hydrogen (secondary N) is 1. The second-order valence-corrected chi connectivity index (χ2v) is 6.14. The van der Waals surface area contributed by atoms with E-state index in [0.29, 0.717) is 26.4 Å². The van der Waals surface area contributed by atoms with Gasteiger partial charge in [-0.2, -0.15) is 0 Å². The Balaban J connectivity index is 1.91. The minimum absolute atomic E-state index is 0.270. The molecule has 0 aliphatic carbocycles. The molecule has 106 valence electrons. The van der Waals surface area contributed by atoms with Crippen molar-refractivity contribution in [3.63, 3.8) is 0 Å². The lowest BCUT2D eigenvalue weighted by molar-refractivity contribution is 0.102. The molecule has 21 heavy (non-hydrogen) atoms. The van der Waals surface area contributed by atoms with Crippen molar-refractivity contribution >= 4 is 61.5 Å². The second kappa shape index (κ2) is 5.52. The average molecular weight is 338 g/mol. The van der Waals surface area contributed by atoms with Gasteiger partial charge in [0.15, 0.2) is 5.13 Å². The van der Waals surface area contributed by atoms with Crippen molar-refractivity contribution < 1.29 is 4.79 Å². The predicted molar refractivity (Wildman–Crippen MR) is 88.4 cm³/mol. The SMILES string of the molecule is Nc1nc2ccc(C(=O)Nc3cccc(Cl)c3Cl)cc2s1. The first-order valence-corrected chi connectivity index (χ1v) is 7.53. The molecule has 0 unspecified atom stereocenters. The van der Waals surface area contributed by atoms with Crippen LogP contribution in [0.4, 0.5) is 10.8 Å². The molecule has 0 radical (unpaired) electrons. The molecule has 0 aliphatic rings. The van der Waals surface area contributed by atoms with Gasteiger partial charge in [-0.05, 0) is 30.3 Å². The molecule has 0 atom stereocenters. The number of hydrogen-bond donors (Lipinski definition) is 2. The van der Waals surface area contributed by atoms with E-state index in [4.69, 9.17) is 28.9 Å². The summed E-state index contributed by atoms with van der Waals surface area (Å²) >= 11 is 13.3. The maximum Gasteiger partial charge on any atom is 0.255 e. The lowest BCUT2D eigenvalue weighted by Crippen LogP contribution is -2.12. The number of hydrogen-bond acceptors (Lipinski definition) is 4. The number of aromatic nitrogens is 1. The molecule has 3 aromatic rings. The third-order valence-electron chi connectivity index (χ3n) is 2.87. The minimum Gasteiger partial charge on any atom is -0.375 e. The van der Waals surface area contributed by atoms with E-state index >= 15 is 0 Å². The van der Waals surface area contributed by atoms with Crippen LogP contribution in [0.15, 0.2) is 36.4 Å². The summed E-state index contributed by atoms with van der Waals surface area (Å²) in [4.78, 5) is 16.4. The number of fused-ring (bicyclic) bond motifs is 1. The third kappa shape index (κ3) is 2.81. The van der Waals surface area contributed by atoms with Crippen molar-refractivity contribution in [2.24, 2.45) is 0 Å². The first-order valence-electron chi connectivity index (χ1n) is 5.96. The van der Waals surface area contributed by atoms with Crippen LogP contribution in [-0.2, 0) is 0 Å². The number of halogens is 2. The summed E-state index contributed by atoms with van der Waals surface area (Å²) < 4.78 is 0.859. The number of amides is 1. The molecule has 3 N–H and O–H groups in total. The second-order valence-electron chi connectivity index (χ2n) is 4.29. The van der Waals surface area contributed by atoms with Gasteiger partial charge < -0.3 is 11.1 Å². The summed E-state index contributed by atoms with van der Waals surface area (Å²) in [6, 6.07) is 10.3. The van der Waals surface area contributed by atoms with Gasteiger partial charge >= 0.3 is 0 Å². The number of nitrogens with two attached hydrogens (primary N) is 1. The number of anilines is 2. The lowest BCUT2D eigenvalue weighted by Gasteiger charge is -2.08. The topological polar surface area (TPSA) is 68.0 Å². The van der Waals surface area contributed by atoms with Crippen molar-refractivity contribution in [1.29, 1.82) is 0 Å². The maximum atomic E-state index is 12.3. The zero-order valence-electron chi connectivity index (χ0n) is 10.6. The molecule has 0 bridgehead atoms. The van der Waals surface area contributed by atoms with Gasteiger partial charge in [0, 0.05) is 5.56 Å². The molecule has 3 rings (SSSR count). The quantitative estimate of drug-likeness (QED) is 0.726. The van der Waals surface area contributed by atoms with E-state index in [1.807, 2.05) is 0 Å². The number of carbonyl (C=O) groups is 1. The molecule has 0 spiro atoms. The van der Waals surface area contributed by atoms with Crippen molar-refractivity contribution in [3.8, 4) is 0 Å². The smallest absolute Gasteiger partial charge is 0.255 e. The standard InChI is InChI=1S/C14H9Cl2N3OS/c15-8-2-1-3-10(12(8)16)18-13(20)7-4-5-9-11(6-7)21-14(17)19-9/h1-6H,(H2,17,19)(H,18,20). The average Bonchev–Trinajstić information content (AvgIpc) is 2.82. The number of nitrogens with zero attached hydrogens (tertiary/aromatic N) is 1. The van der Waals surface area contributed by atoms with Crippen molar-refractivity contribution in [3.05, 3.63) is 52.0 Å². The summed E-state index contributed by atoms with van der Waals surface area (Å²) in [7, 11) is 0. The summed E-state index contributed by atoms with van der Waals surface area (Å²) in [5, 5.41) is 3.91. The van der Waals surface area contributed by atoms with Gasteiger partial charge in [-0.25, -0.2) is 4.98 Å². The highest BCUT2D eigenvalue weighted by molar-refractivity contribution is 7.22. The van der Waals surface area contributed by atoms with E-state index in [2.05, 4.69) is 10.3 Å². The Morgan fingerprint density at radius 2 is 2.05 bits per heavy atom. The molecule has 0 saturated heterocycles. The molecule has 2 aromatic carbocycles. The number of benzene rings is 2. The van der Waals surface area contributed by atoms with Crippen LogP contribution in [0.25, 0.3) is 10.2 Å². The Bertz CT molecular complexity index is 847. The summed E-state index contributed by atoms with van der Waals surface area (Å²) in [5.74, 6) is -0.270. The van der Waals surface area contributed by atoms with Crippen LogP contribution >= 0.6 is 34.5 Å². The number of rotatable bonds is 2. The van der Waals surface area contributed by atoms with Crippen LogP contribution in [-0.4, -0.2) is 10.9 Å². The van der Waals surface area contributed by atoms with Crippen molar-refractivity contribution in [1.82, 2.24) is 4.98 Å². The molecule has 0 fully saturated rings. The normalized spacial score (nSPS) is 10.8. The van der Waals surface area contributed by atoms with E-state index < -0.39 is 0 Å². The van der Waals surface area contributed by atoms with Gasteiger partial charge in [0.1, 0.15) is 0 Å². The summed E-state index contributed by atoms with van der Waals surface area (Å²) in [6.45, 7) is 0. The monoisotopic (exact) mass is 337 g/mol. The Morgan fingerprint density at radius 3 is 2.86 bits per heavy atom. The fourth-order valence-corrected chi connectivity index (χ4v) is 3.00. The van der Waals surface area contributed by atoms with Crippen LogP contribution < -0.4 is 11.1 Å². The van der Waals surface area contributed by atoms with E-state index in [1.165, 1.54) is 11.3 Å². The third-order valence-corrected chi connectivity index (χ3v) is 4.53. The molecule has 0 saturated carbocycles. The number of nitrogen functional groups attached to an aromatic ring is 1. The molecule has 0 aliphatic heterocycles. The Morgan fingerprint density at radius 1 is 1.24 bits per heavy atom. The summed E-state index contributed by atoms with van der Waals surface area (Å²) in [5.41, 5.74) is 7.40. The number of thiazole rings is 1. The highest BCUT2D eigenvalue weighted by atomic mass is 35.5. The summed E-state index contributed by atoms with van der Waals surface area (Å²) in [6.07, 6.45) is 0. The van der Waals surface area contributed by atoms with Crippen molar-refractivity contribution in [2.75, 3.05) is 11.1 Å². The highest BCUT2D eigenvalue weighted by Crippen LogP contribution is 2.30. The van der Waals surface area contributed by atoms with Gasteiger partial charge in [-0.3, -0.25) is 4.79 Å². The molecular weight excluding hydrogens is 329 g/mol. The van der Waals surface area contributed by atoms with E-state index in [-0.39, 0.29) is 5.91 Å². The zero-order chi connectivity index (χ0) is 15.0. The Hall–Kier alpha value is -1.82. The molecular formula is C14H9Cl2N3OS. The van der Waals surface area contributed by atoms with E-state index in [1.54, 1.807) is 36.4 Å². The zero-order valence-corrected chi connectivity index (χ0v) is 12.9. The van der Waals surface area contributed by atoms with E-state index in [9.17, 15) is 4.79 Å². The minimum atomic E-state index is -0.270. The van der Waals surface area contributed by atoms with Gasteiger partial charge in [-0.15, -0.1) is 0 Å². The Labute approximate surface area is 134 Å². The first kappa shape index (κ1) is 14.1. The molecule has 1 heterocycles. The largest absolute Gasteiger partial charge is 0.375 e. The Kier molecular flexibility index (Phi) is 3.71. The van der Waals surface area contributed by atoms with Crippen LogP contribution in [0.1, 0.15) is 10.4 Å². The predicted octanol–water partition coefficient (Wildman–Crippen LogP) is 4.44. The fraction of sp³-hybridized carbons (Fsp3) is 0.